The van der Waals surface area contributed by atoms with E-state index in [0.717, 1.165) is 0 Å². The Hall–Kier alpha value is -2.08. The second-order valence-electron chi connectivity index (χ2n) is 3.64. The number of nitrogens with one attached hydrogen (secondary N) is 2. The maximum Gasteiger partial charge on any atom is 0.371 e. The minimum absolute atomic E-state index is 0.195. The molecule has 0 spiro atoms. The lowest BCUT2D eigenvalue weighted by Gasteiger charge is -2.04. The van der Waals surface area contributed by atoms with Crippen molar-refractivity contribution in [3.63, 3.8) is 0 Å². The van der Waals surface area contributed by atoms with Crippen LogP contribution in [0.2, 0.25) is 5.02 Å². The Morgan fingerprint density at radius 1 is 1.50 bits per heavy atom. The molecule has 0 aliphatic carbocycles. The van der Waals surface area contributed by atoms with Crippen LogP contribution in [0.1, 0.15) is 24.0 Å². The Bertz CT molecular complexity index is 636. The first-order valence-corrected chi connectivity index (χ1v) is 5.61. The van der Waals surface area contributed by atoms with Gasteiger partial charge in [-0.05, 0) is 12.1 Å². The number of carboxylic acids is 1. The molecule has 2 rings (SSSR count). The SMILES string of the molecule is CCC(=O)Nc1cc(Cl)cc2[nH]c(C(=O)O)nc12. The molecule has 3 N–H and O–H groups in total. The molecule has 1 heterocycles. The number of rotatable bonds is 3. The molecule has 7 heteroatoms. The topological polar surface area (TPSA) is 95.1 Å². The number of carbonyl (C=O) groups excluding carboxylic acids is 1. The summed E-state index contributed by atoms with van der Waals surface area (Å²) in [6.45, 7) is 1.71. The molecule has 1 aromatic carbocycles. The van der Waals surface area contributed by atoms with Crippen molar-refractivity contribution in [3.8, 4) is 0 Å². The summed E-state index contributed by atoms with van der Waals surface area (Å²) in [5, 5.41) is 11.9. The van der Waals surface area contributed by atoms with Gasteiger partial charge in [-0.15, -0.1) is 0 Å². The van der Waals surface area contributed by atoms with Crippen LogP contribution >= 0.6 is 11.6 Å². The molecule has 0 saturated heterocycles. The molecule has 0 unspecified atom stereocenters. The van der Waals surface area contributed by atoms with Crippen molar-refractivity contribution in [1.82, 2.24) is 9.97 Å². The van der Waals surface area contributed by atoms with Crippen molar-refractivity contribution in [1.29, 1.82) is 0 Å². The Morgan fingerprint density at radius 2 is 2.22 bits per heavy atom. The molecule has 0 aliphatic rings. The molecule has 0 atom stereocenters. The lowest BCUT2D eigenvalue weighted by atomic mass is 10.2. The van der Waals surface area contributed by atoms with Crippen molar-refractivity contribution >= 4 is 40.2 Å². The van der Waals surface area contributed by atoms with Gasteiger partial charge in [-0.25, -0.2) is 9.78 Å². The van der Waals surface area contributed by atoms with E-state index >= 15 is 0 Å². The van der Waals surface area contributed by atoms with Crippen LogP contribution in [0.25, 0.3) is 11.0 Å². The number of aromatic nitrogens is 2. The average Bonchev–Trinajstić information content (AvgIpc) is 2.72. The normalized spacial score (nSPS) is 10.6. The number of hydrogen-bond donors (Lipinski definition) is 3. The molecular formula is C11H10ClN3O3. The molecular weight excluding hydrogens is 258 g/mol. The monoisotopic (exact) mass is 267 g/mol. The van der Waals surface area contributed by atoms with Crippen molar-refractivity contribution < 1.29 is 14.7 Å². The molecule has 0 bridgehead atoms. The van der Waals surface area contributed by atoms with E-state index < -0.39 is 5.97 Å². The fourth-order valence-electron chi connectivity index (χ4n) is 1.52. The maximum atomic E-state index is 11.4. The van der Waals surface area contributed by atoms with Crippen LogP contribution in [0.3, 0.4) is 0 Å². The fraction of sp³-hybridized carbons (Fsp3) is 0.182. The van der Waals surface area contributed by atoms with Gasteiger partial charge in [0.2, 0.25) is 11.7 Å². The number of fused-ring (bicyclic) bond motifs is 1. The van der Waals surface area contributed by atoms with Crippen molar-refractivity contribution in [2.75, 3.05) is 5.32 Å². The third-order valence-electron chi connectivity index (χ3n) is 2.35. The van der Waals surface area contributed by atoms with E-state index in [9.17, 15) is 9.59 Å². The summed E-state index contributed by atoms with van der Waals surface area (Å²) >= 11 is 5.89. The molecule has 2 aromatic rings. The van der Waals surface area contributed by atoms with Gasteiger partial charge >= 0.3 is 5.97 Å². The summed E-state index contributed by atoms with van der Waals surface area (Å²) in [6, 6.07) is 3.09. The molecule has 18 heavy (non-hydrogen) atoms. The molecule has 1 amide bonds. The largest absolute Gasteiger partial charge is 0.475 e. The van der Waals surface area contributed by atoms with Crippen LogP contribution in [-0.4, -0.2) is 27.0 Å². The molecule has 0 saturated carbocycles. The van der Waals surface area contributed by atoms with Crippen LogP contribution in [-0.2, 0) is 4.79 Å². The highest BCUT2D eigenvalue weighted by atomic mass is 35.5. The number of nitrogens with zero attached hydrogens (tertiary/aromatic N) is 1. The highest BCUT2D eigenvalue weighted by molar-refractivity contribution is 6.32. The number of H-pyrrole nitrogens is 1. The maximum absolute atomic E-state index is 11.4. The van der Waals surface area contributed by atoms with Crippen molar-refractivity contribution in [3.05, 3.63) is 23.0 Å². The fourth-order valence-corrected chi connectivity index (χ4v) is 1.74. The van der Waals surface area contributed by atoms with Gasteiger partial charge in [-0.3, -0.25) is 4.79 Å². The number of imidazole rings is 1. The minimum atomic E-state index is -1.17. The number of benzene rings is 1. The number of hydrogen-bond acceptors (Lipinski definition) is 3. The van der Waals surface area contributed by atoms with Crippen molar-refractivity contribution in [2.45, 2.75) is 13.3 Å². The van der Waals surface area contributed by atoms with E-state index in [1.165, 1.54) is 6.07 Å². The van der Waals surface area contributed by atoms with Gasteiger partial charge < -0.3 is 15.4 Å². The van der Waals surface area contributed by atoms with Gasteiger partial charge in [0.1, 0.15) is 5.52 Å². The van der Waals surface area contributed by atoms with E-state index in [4.69, 9.17) is 16.7 Å². The number of aromatic amines is 1. The highest BCUT2D eigenvalue weighted by Gasteiger charge is 2.14. The smallest absolute Gasteiger partial charge is 0.371 e. The summed E-state index contributed by atoms with van der Waals surface area (Å²) in [5.41, 5.74) is 1.23. The Morgan fingerprint density at radius 3 is 2.83 bits per heavy atom. The summed E-state index contributed by atoms with van der Waals surface area (Å²) in [5.74, 6) is -1.56. The number of amides is 1. The van der Waals surface area contributed by atoms with Crippen LogP contribution in [0.4, 0.5) is 5.69 Å². The molecule has 0 aliphatic heterocycles. The van der Waals surface area contributed by atoms with Gasteiger partial charge in [-0.1, -0.05) is 18.5 Å². The summed E-state index contributed by atoms with van der Waals surface area (Å²) in [4.78, 5) is 28.7. The molecule has 1 aromatic heterocycles. The zero-order valence-corrected chi connectivity index (χ0v) is 10.2. The van der Waals surface area contributed by atoms with Gasteiger partial charge in [0.25, 0.3) is 0 Å². The zero-order chi connectivity index (χ0) is 13.3. The van der Waals surface area contributed by atoms with E-state index in [-0.39, 0.29) is 11.7 Å². The van der Waals surface area contributed by atoms with Gasteiger partial charge in [-0.2, -0.15) is 0 Å². The van der Waals surface area contributed by atoms with Gasteiger partial charge in [0.15, 0.2) is 0 Å². The highest BCUT2D eigenvalue weighted by Crippen LogP contribution is 2.26. The number of carboxylic acid groups (broad SMARTS) is 1. The molecule has 94 valence electrons. The lowest BCUT2D eigenvalue weighted by Crippen LogP contribution is -2.09. The summed E-state index contributed by atoms with van der Waals surface area (Å²) in [7, 11) is 0. The van der Waals surface area contributed by atoms with E-state index in [1.807, 2.05) is 0 Å². The number of halogens is 1. The Labute approximate surface area is 107 Å². The van der Waals surface area contributed by atoms with Crippen molar-refractivity contribution in [2.24, 2.45) is 0 Å². The van der Waals surface area contributed by atoms with E-state index in [2.05, 4.69) is 15.3 Å². The predicted molar refractivity (Wildman–Crippen MR) is 67.0 cm³/mol. The van der Waals surface area contributed by atoms with E-state index in [0.29, 0.717) is 28.2 Å². The summed E-state index contributed by atoms with van der Waals surface area (Å²) in [6.07, 6.45) is 0.310. The number of carbonyl (C=O) groups is 2. The second-order valence-corrected chi connectivity index (χ2v) is 4.08. The molecule has 6 nitrogen and oxygen atoms in total. The Kier molecular flexibility index (Phi) is 3.20. The van der Waals surface area contributed by atoms with Crippen LogP contribution < -0.4 is 5.32 Å². The van der Waals surface area contributed by atoms with Crippen LogP contribution in [0.15, 0.2) is 12.1 Å². The second kappa shape index (κ2) is 4.66. The lowest BCUT2D eigenvalue weighted by molar-refractivity contribution is -0.115. The summed E-state index contributed by atoms with van der Waals surface area (Å²) < 4.78 is 0. The predicted octanol–water partition coefficient (Wildman–Crippen LogP) is 2.26. The minimum Gasteiger partial charge on any atom is -0.475 e. The quantitative estimate of drug-likeness (QED) is 0.795. The standard InChI is InChI=1S/C11H10ClN3O3/c1-2-8(16)13-6-3-5(12)4-7-9(6)15-10(14-7)11(17)18/h3-4H,2H2,1H3,(H,13,16)(H,14,15)(H,17,18). The number of anilines is 1. The first-order chi connectivity index (χ1) is 8.51. The van der Waals surface area contributed by atoms with Crippen LogP contribution in [0.5, 0.6) is 0 Å². The van der Waals surface area contributed by atoms with E-state index in [1.54, 1.807) is 13.0 Å². The molecule has 0 radical (unpaired) electrons. The van der Waals surface area contributed by atoms with Crippen LogP contribution in [0, 0.1) is 0 Å². The van der Waals surface area contributed by atoms with Gasteiger partial charge in [0, 0.05) is 11.4 Å². The van der Waals surface area contributed by atoms with Gasteiger partial charge in [0.05, 0.1) is 11.2 Å². The molecule has 0 fully saturated rings. The third kappa shape index (κ3) is 2.28. The first kappa shape index (κ1) is 12.4. The first-order valence-electron chi connectivity index (χ1n) is 5.23. The Balaban J connectivity index is 2.57. The number of aromatic carboxylic acids is 1. The third-order valence-corrected chi connectivity index (χ3v) is 2.57. The zero-order valence-electron chi connectivity index (χ0n) is 9.45. The average molecular weight is 268 g/mol.